The Hall–Kier alpha value is -1.50. The van der Waals surface area contributed by atoms with Crippen molar-refractivity contribution in [3.8, 4) is 0 Å². The Bertz CT molecular complexity index is 822. The van der Waals surface area contributed by atoms with Gasteiger partial charge in [-0.15, -0.1) is 0 Å². The molecule has 0 bridgehead atoms. The molecule has 0 aromatic rings. The van der Waals surface area contributed by atoms with E-state index in [9.17, 15) is 19.2 Å². The molecule has 0 unspecified atom stereocenters. The van der Waals surface area contributed by atoms with Crippen LogP contribution >= 0.6 is 48.0 Å². The summed E-state index contributed by atoms with van der Waals surface area (Å²) in [5, 5.41) is 0. The smallest absolute Gasteiger partial charge is 0.305 e. The van der Waals surface area contributed by atoms with Crippen LogP contribution in [0.15, 0.2) is 9.81 Å². The molecule has 0 aromatic heterocycles. The summed E-state index contributed by atoms with van der Waals surface area (Å²) in [5.74, 6) is -0.921. The SMILES string of the molecule is CCCOC(=O)CCCCCN1C(=O)C(=C2SC(=S)N(CCCCCC(=O)OCCC)C2=O)SC1=S. The molecule has 0 saturated carbocycles. The second-order valence-electron chi connectivity index (χ2n) is 8.37. The van der Waals surface area contributed by atoms with Crippen molar-refractivity contribution in [2.45, 2.75) is 78.1 Å². The normalized spacial score (nSPS) is 17.9. The number of hydrogen-bond acceptors (Lipinski definition) is 10. The molecule has 2 aliphatic heterocycles. The van der Waals surface area contributed by atoms with E-state index >= 15 is 0 Å². The first kappa shape index (κ1) is 30.7. The van der Waals surface area contributed by atoms with Gasteiger partial charge in [-0.05, 0) is 38.5 Å². The highest BCUT2D eigenvalue weighted by Crippen LogP contribution is 2.42. The lowest BCUT2D eigenvalue weighted by Gasteiger charge is -2.14. The summed E-state index contributed by atoms with van der Waals surface area (Å²) in [7, 11) is 0. The molecule has 36 heavy (non-hydrogen) atoms. The second-order valence-corrected chi connectivity index (χ2v) is 11.7. The van der Waals surface area contributed by atoms with Crippen molar-refractivity contribution in [1.29, 1.82) is 0 Å². The average Bonchev–Trinajstić information content (AvgIpc) is 3.29. The fourth-order valence-electron chi connectivity index (χ4n) is 3.46. The van der Waals surface area contributed by atoms with Gasteiger partial charge in [0.1, 0.15) is 8.64 Å². The number of esters is 2. The van der Waals surface area contributed by atoms with Gasteiger partial charge >= 0.3 is 11.9 Å². The Labute approximate surface area is 232 Å². The summed E-state index contributed by atoms with van der Waals surface area (Å²) in [6.45, 7) is 5.67. The van der Waals surface area contributed by atoms with Crippen LogP contribution in [0, 0.1) is 0 Å². The molecule has 12 heteroatoms. The zero-order valence-corrected chi connectivity index (χ0v) is 24.1. The molecule has 0 radical (unpaired) electrons. The molecule has 2 amide bonds. The van der Waals surface area contributed by atoms with Crippen LogP contribution in [0.1, 0.15) is 78.1 Å². The minimum Gasteiger partial charge on any atom is -0.466 e. The minimum atomic E-state index is -0.265. The number of hydrogen-bond donors (Lipinski definition) is 0. The Morgan fingerprint density at radius 2 is 1.08 bits per heavy atom. The molecule has 0 aliphatic carbocycles. The number of thioether (sulfide) groups is 2. The van der Waals surface area contributed by atoms with Crippen molar-refractivity contribution in [1.82, 2.24) is 9.80 Å². The molecule has 2 aliphatic rings. The fourth-order valence-corrected chi connectivity index (χ4v) is 6.24. The molecule has 0 N–H and O–H groups in total. The Kier molecular flexibility index (Phi) is 14.0. The van der Waals surface area contributed by atoms with Gasteiger partial charge in [-0.1, -0.05) is 74.6 Å². The fraction of sp³-hybridized carbons (Fsp3) is 0.667. The standard InChI is InChI=1S/C24H34N2O6S4/c1-3-15-31-17(27)11-7-5-9-13-25-21(29)19(35-23(25)33)20-22(30)26(24(34)36-20)14-10-6-8-12-18(28)32-16-4-2/h3-16H2,1-2H3. The predicted molar refractivity (Wildman–Crippen MR) is 150 cm³/mol. The van der Waals surface area contributed by atoms with E-state index < -0.39 is 0 Å². The highest BCUT2D eigenvalue weighted by Gasteiger charge is 2.41. The Balaban J connectivity index is 1.79. The van der Waals surface area contributed by atoms with Crippen LogP contribution in [0.5, 0.6) is 0 Å². The van der Waals surface area contributed by atoms with Gasteiger partial charge < -0.3 is 9.47 Å². The molecule has 2 saturated heterocycles. The van der Waals surface area contributed by atoms with Crippen LogP contribution in [0.3, 0.4) is 0 Å². The number of nitrogens with zero attached hydrogens (tertiary/aromatic N) is 2. The van der Waals surface area contributed by atoms with E-state index in [4.69, 9.17) is 33.9 Å². The monoisotopic (exact) mass is 574 g/mol. The number of carbonyl (C=O) groups is 4. The zero-order chi connectivity index (χ0) is 26.5. The van der Waals surface area contributed by atoms with Gasteiger partial charge in [-0.3, -0.25) is 29.0 Å². The van der Waals surface area contributed by atoms with Crippen molar-refractivity contribution in [2.75, 3.05) is 26.3 Å². The molecule has 2 heterocycles. The lowest BCUT2D eigenvalue weighted by molar-refractivity contribution is -0.144. The number of ether oxygens (including phenoxy) is 2. The van der Waals surface area contributed by atoms with Gasteiger partial charge in [0.2, 0.25) is 0 Å². The maximum absolute atomic E-state index is 13.0. The number of amides is 2. The number of carbonyl (C=O) groups excluding carboxylic acids is 4. The topological polar surface area (TPSA) is 93.2 Å². The molecule has 2 rings (SSSR count). The summed E-state index contributed by atoms with van der Waals surface area (Å²) in [4.78, 5) is 52.9. The second kappa shape index (κ2) is 16.4. The Morgan fingerprint density at radius 3 is 1.44 bits per heavy atom. The number of rotatable bonds is 16. The van der Waals surface area contributed by atoms with E-state index in [1.807, 2.05) is 13.8 Å². The molecule has 200 valence electrons. The van der Waals surface area contributed by atoms with Gasteiger partial charge in [-0.2, -0.15) is 0 Å². The van der Waals surface area contributed by atoms with Crippen molar-refractivity contribution in [3.05, 3.63) is 9.81 Å². The number of thiocarbonyl (C=S) groups is 2. The van der Waals surface area contributed by atoms with E-state index in [1.54, 1.807) is 0 Å². The summed E-state index contributed by atoms with van der Waals surface area (Å²) < 4.78 is 11.0. The van der Waals surface area contributed by atoms with E-state index in [-0.39, 0.29) is 23.8 Å². The molecule has 0 spiro atoms. The van der Waals surface area contributed by atoms with Crippen molar-refractivity contribution < 1.29 is 28.7 Å². The summed E-state index contributed by atoms with van der Waals surface area (Å²) in [6.07, 6.45) is 6.66. The van der Waals surface area contributed by atoms with Crippen LogP contribution in [0.2, 0.25) is 0 Å². The Morgan fingerprint density at radius 1 is 0.694 bits per heavy atom. The van der Waals surface area contributed by atoms with Gasteiger partial charge in [-0.25, -0.2) is 0 Å². The summed E-state index contributed by atoms with van der Waals surface area (Å²) in [6, 6.07) is 0. The van der Waals surface area contributed by atoms with Crippen LogP contribution < -0.4 is 0 Å². The molecule has 0 atom stereocenters. The third kappa shape index (κ3) is 9.42. The van der Waals surface area contributed by atoms with Gasteiger partial charge in [0.15, 0.2) is 0 Å². The lowest BCUT2D eigenvalue weighted by Crippen LogP contribution is -2.31. The third-order valence-electron chi connectivity index (χ3n) is 5.36. The molecule has 2 fully saturated rings. The van der Waals surface area contributed by atoms with Crippen LogP contribution in [0.4, 0.5) is 0 Å². The quantitative estimate of drug-likeness (QED) is 0.109. The lowest BCUT2D eigenvalue weighted by atomic mass is 10.2. The van der Waals surface area contributed by atoms with E-state index in [2.05, 4.69) is 0 Å². The molecule has 0 aromatic carbocycles. The van der Waals surface area contributed by atoms with Crippen molar-refractivity contribution >= 4 is 80.4 Å². The van der Waals surface area contributed by atoms with Crippen LogP contribution in [-0.2, 0) is 28.7 Å². The molecular weight excluding hydrogens is 541 g/mol. The van der Waals surface area contributed by atoms with E-state index in [0.717, 1.165) is 49.2 Å². The zero-order valence-electron chi connectivity index (χ0n) is 20.9. The maximum atomic E-state index is 13.0. The molecular formula is C24H34N2O6S4. The van der Waals surface area contributed by atoms with Gasteiger partial charge in [0.25, 0.3) is 11.8 Å². The number of unbranched alkanes of at least 4 members (excludes halogenated alkanes) is 4. The first-order valence-electron chi connectivity index (χ1n) is 12.4. The minimum absolute atomic E-state index is 0.195. The highest BCUT2D eigenvalue weighted by molar-refractivity contribution is 8.29. The predicted octanol–water partition coefficient (Wildman–Crippen LogP) is 4.95. The first-order chi connectivity index (χ1) is 17.3. The molecule has 8 nitrogen and oxygen atoms in total. The maximum Gasteiger partial charge on any atom is 0.305 e. The highest BCUT2D eigenvalue weighted by atomic mass is 32.2. The van der Waals surface area contributed by atoms with Crippen LogP contribution in [0.25, 0.3) is 0 Å². The summed E-state index contributed by atoms with van der Waals surface area (Å²) >= 11 is 13.1. The van der Waals surface area contributed by atoms with E-state index in [0.29, 0.717) is 83.3 Å². The summed E-state index contributed by atoms with van der Waals surface area (Å²) in [5.41, 5.74) is 0. The largest absolute Gasteiger partial charge is 0.466 e. The average molecular weight is 575 g/mol. The third-order valence-corrected chi connectivity index (χ3v) is 8.39. The van der Waals surface area contributed by atoms with Crippen molar-refractivity contribution in [3.63, 3.8) is 0 Å². The van der Waals surface area contributed by atoms with Crippen molar-refractivity contribution in [2.24, 2.45) is 0 Å². The first-order valence-corrected chi connectivity index (χ1v) is 14.9. The van der Waals surface area contributed by atoms with Gasteiger partial charge in [0, 0.05) is 25.9 Å². The van der Waals surface area contributed by atoms with E-state index in [1.165, 1.54) is 9.80 Å². The van der Waals surface area contributed by atoms with Crippen LogP contribution in [-0.4, -0.2) is 68.5 Å². The van der Waals surface area contributed by atoms with Gasteiger partial charge in [0.05, 0.1) is 23.0 Å².